The molecule has 24 heavy (non-hydrogen) atoms. The number of aliphatic imine (C=N–C) groups is 2. The fourth-order valence-corrected chi connectivity index (χ4v) is 3.36. The van der Waals surface area contributed by atoms with Gasteiger partial charge in [-0.15, -0.1) is 0 Å². The van der Waals surface area contributed by atoms with E-state index in [9.17, 15) is 0 Å². The van der Waals surface area contributed by atoms with Gasteiger partial charge in [0.25, 0.3) is 0 Å². The summed E-state index contributed by atoms with van der Waals surface area (Å²) in [6.45, 7) is 6.28. The van der Waals surface area contributed by atoms with Crippen molar-refractivity contribution in [2.75, 3.05) is 13.1 Å². The summed E-state index contributed by atoms with van der Waals surface area (Å²) in [5.41, 5.74) is 2.35. The molecule has 2 N–H and O–H groups in total. The summed E-state index contributed by atoms with van der Waals surface area (Å²) in [5, 5.41) is 7.17. The highest BCUT2D eigenvalue weighted by atomic mass is 15.1. The quantitative estimate of drug-likeness (QED) is 0.768. The summed E-state index contributed by atoms with van der Waals surface area (Å²) < 4.78 is 0. The molecule has 0 saturated carbocycles. The molecule has 0 fully saturated rings. The highest BCUT2D eigenvalue weighted by Crippen LogP contribution is 2.15. The normalized spacial score (nSPS) is 22.8. The lowest BCUT2D eigenvalue weighted by molar-refractivity contribution is 0.566. The molecule has 1 aromatic carbocycles. The van der Waals surface area contributed by atoms with Crippen molar-refractivity contribution in [3.05, 3.63) is 35.4 Å². The number of nitrogens with one attached hydrogen (secondary N) is 2. The molecular formula is C20H30N4. The third-order valence-corrected chi connectivity index (χ3v) is 4.84. The second-order valence-corrected chi connectivity index (χ2v) is 6.93. The zero-order valence-electron chi connectivity index (χ0n) is 15.0. The topological polar surface area (TPSA) is 48.8 Å². The van der Waals surface area contributed by atoms with E-state index in [0.717, 1.165) is 24.8 Å². The minimum atomic E-state index is 0.504. The number of unbranched alkanes of at least 4 members (excludes halogenated alkanes) is 2. The molecule has 3 rings (SSSR count). The van der Waals surface area contributed by atoms with Crippen LogP contribution in [0.15, 0.2) is 34.3 Å². The monoisotopic (exact) mass is 326 g/mol. The molecule has 0 aromatic heterocycles. The first-order chi connectivity index (χ1) is 11.8. The molecule has 1 aromatic rings. The lowest BCUT2D eigenvalue weighted by Crippen LogP contribution is -2.32. The molecule has 0 bridgehead atoms. The van der Waals surface area contributed by atoms with E-state index in [1.54, 1.807) is 0 Å². The minimum Gasteiger partial charge on any atom is -0.365 e. The van der Waals surface area contributed by atoms with Gasteiger partial charge in [0.15, 0.2) is 0 Å². The Labute approximate surface area is 145 Å². The molecule has 0 aliphatic carbocycles. The first-order valence-corrected chi connectivity index (χ1v) is 9.53. The number of benzene rings is 1. The first kappa shape index (κ1) is 17.0. The van der Waals surface area contributed by atoms with Gasteiger partial charge >= 0.3 is 0 Å². The molecule has 0 saturated heterocycles. The van der Waals surface area contributed by atoms with Crippen molar-refractivity contribution < 1.29 is 0 Å². The summed E-state index contributed by atoms with van der Waals surface area (Å²) in [5.74, 6) is 2.08. The number of hydrogen-bond donors (Lipinski definition) is 2. The minimum absolute atomic E-state index is 0.504. The molecule has 4 nitrogen and oxygen atoms in total. The molecule has 2 heterocycles. The van der Waals surface area contributed by atoms with Gasteiger partial charge in [-0.05, 0) is 18.9 Å². The Hall–Kier alpha value is -1.84. The second kappa shape index (κ2) is 8.32. The van der Waals surface area contributed by atoms with E-state index in [0.29, 0.717) is 12.1 Å². The molecule has 2 aliphatic rings. The summed E-state index contributed by atoms with van der Waals surface area (Å²) in [7, 11) is 0. The number of hydrogen-bond acceptors (Lipinski definition) is 4. The second-order valence-electron chi connectivity index (χ2n) is 6.93. The van der Waals surface area contributed by atoms with Crippen LogP contribution in [-0.2, 0) is 0 Å². The molecule has 130 valence electrons. The van der Waals surface area contributed by atoms with Crippen molar-refractivity contribution in [1.82, 2.24) is 10.6 Å². The summed E-state index contributed by atoms with van der Waals surface area (Å²) in [4.78, 5) is 9.42. The van der Waals surface area contributed by atoms with Crippen molar-refractivity contribution in [2.45, 2.75) is 64.5 Å². The zero-order chi connectivity index (χ0) is 16.8. The molecule has 4 heteroatoms. The van der Waals surface area contributed by atoms with Gasteiger partial charge in [0, 0.05) is 23.2 Å². The molecular weight excluding hydrogens is 296 g/mol. The van der Waals surface area contributed by atoms with E-state index in [-0.39, 0.29) is 0 Å². The zero-order valence-corrected chi connectivity index (χ0v) is 15.0. The van der Waals surface area contributed by atoms with Crippen molar-refractivity contribution in [3.63, 3.8) is 0 Å². The van der Waals surface area contributed by atoms with Crippen LogP contribution in [0.1, 0.15) is 63.5 Å². The Balaban J connectivity index is 1.61. The van der Waals surface area contributed by atoms with Crippen LogP contribution < -0.4 is 10.6 Å². The maximum atomic E-state index is 4.71. The van der Waals surface area contributed by atoms with E-state index in [4.69, 9.17) is 9.98 Å². The van der Waals surface area contributed by atoms with E-state index in [2.05, 4.69) is 48.7 Å². The van der Waals surface area contributed by atoms with Gasteiger partial charge in [-0.1, -0.05) is 57.7 Å². The molecule has 0 amide bonds. The highest BCUT2D eigenvalue weighted by molar-refractivity contribution is 6.05. The maximum Gasteiger partial charge on any atom is 0.128 e. The van der Waals surface area contributed by atoms with E-state index < -0.39 is 0 Å². The number of nitrogens with zero attached hydrogens (tertiary/aromatic N) is 2. The van der Waals surface area contributed by atoms with E-state index in [1.807, 2.05) is 0 Å². The maximum absolute atomic E-state index is 4.71. The van der Waals surface area contributed by atoms with Crippen molar-refractivity contribution in [2.24, 2.45) is 9.98 Å². The lowest BCUT2D eigenvalue weighted by atomic mass is 10.1. The summed E-state index contributed by atoms with van der Waals surface area (Å²) in [6.07, 6.45) is 7.43. The Morgan fingerprint density at radius 3 is 1.83 bits per heavy atom. The van der Waals surface area contributed by atoms with Gasteiger partial charge in [0.05, 0.1) is 13.1 Å². The van der Waals surface area contributed by atoms with Crippen LogP contribution >= 0.6 is 0 Å². The van der Waals surface area contributed by atoms with E-state index in [1.165, 1.54) is 49.7 Å². The first-order valence-electron chi connectivity index (χ1n) is 9.53. The van der Waals surface area contributed by atoms with Crippen LogP contribution in [0.5, 0.6) is 0 Å². The Bertz CT molecular complexity index is 556. The Kier molecular flexibility index (Phi) is 5.89. The van der Waals surface area contributed by atoms with Gasteiger partial charge in [0.2, 0.25) is 0 Å². The predicted octanol–water partition coefficient (Wildman–Crippen LogP) is 3.50. The van der Waals surface area contributed by atoms with E-state index >= 15 is 0 Å². The van der Waals surface area contributed by atoms with Gasteiger partial charge in [0.1, 0.15) is 11.7 Å². The summed E-state index contributed by atoms with van der Waals surface area (Å²) in [6, 6.07) is 9.61. The largest absolute Gasteiger partial charge is 0.365 e. The predicted molar refractivity (Wildman–Crippen MR) is 102 cm³/mol. The lowest BCUT2D eigenvalue weighted by Gasteiger charge is -2.13. The highest BCUT2D eigenvalue weighted by Gasteiger charge is 2.21. The van der Waals surface area contributed by atoms with Gasteiger partial charge in [-0.3, -0.25) is 9.98 Å². The van der Waals surface area contributed by atoms with Crippen LogP contribution in [-0.4, -0.2) is 36.8 Å². The smallest absolute Gasteiger partial charge is 0.128 e. The van der Waals surface area contributed by atoms with Gasteiger partial charge in [-0.2, -0.15) is 0 Å². The number of amidine groups is 2. The standard InChI is InChI=1S/C20H30N4/c1-3-5-10-17-13-21-19(23-17)15-8-7-9-16(12-15)20-22-14-18(24-20)11-6-4-2/h7-9,12,17-18H,3-6,10-11,13-14H2,1-2H3,(H,21,23)(H,22,24). The fraction of sp³-hybridized carbons (Fsp3) is 0.600. The number of rotatable bonds is 8. The van der Waals surface area contributed by atoms with Gasteiger partial charge in [-0.25, -0.2) is 0 Å². The molecule has 2 atom stereocenters. The fourth-order valence-electron chi connectivity index (χ4n) is 3.36. The molecule has 2 unspecified atom stereocenters. The third-order valence-electron chi connectivity index (χ3n) is 4.84. The van der Waals surface area contributed by atoms with Crippen LogP contribution in [0.3, 0.4) is 0 Å². The summed E-state index contributed by atoms with van der Waals surface area (Å²) >= 11 is 0. The average Bonchev–Trinajstić information content (AvgIpc) is 3.28. The van der Waals surface area contributed by atoms with Crippen molar-refractivity contribution in [1.29, 1.82) is 0 Å². The SMILES string of the molecule is CCCCC1CN=C(c2cccc(C3=NCC(CCCC)N3)c2)N1. The van der Waals surface area contributed by atoms with Crippen molar-refractivity contribution in [3.8, 4) is 0 Å². The molecule has 2 aliphatic heterocycles. The molecule has 0 radical (unpaired) electrons. The molecule has 0 spiro atoms. The van der Waals surface area contributed by atoms with Crippen LogP contribution in [0.4, 0.5) is 0 Å². The van der Waals surface area contributed by atoms with Gasteiger partial charge < -0.3 is 10.6 Å². The Morgan fingerprint density at radius 2 is 1.38 bits per heavy atom. The van der Waals surface area contributed by atoms with Crippen LogP contribution in [0, 0.1) is 0 Å². The van der Waals surface area contributed by atoms with Crippen LogP contribution in [0.25, 0.3) is 0 Å². The van der Waals surface area contributed by atoms with Crippen LogP contribution in [0.2, 0.25) is 0 Å². The Morgan fingerprint density at radius 1 is 0.875 bits per heavy atom. The third kappa shape index (κ3) is 4.16. The van der Waals surface area contributed by atoms with Crippen molar-refractivity contribution >= 4 is 11.7 Å². The average molecular weight is 326 g/mol.